The number of rotatable bonds is 6. The number of carbonyl (C=O) groups is 1. The molecule has 1 aromatic heterocycles. The van der Waals surface area contributed by atoms with Crippen molar-refractivity contribution in [1.82, 2.24) is 0 Å². The number of benzene rings is 2. The molecule has 1 amide bonds. The summed E-state index contributed by atoms with van der Waals surface area (Å²) in [7, 11) is 0. The average molecular weight is 404 g/mol. The molecule has 1 N–H and O–H groups in total. The molecule has 0 aliphatic carbocycles. The zero-order valence-corrected chi connectivity index (χ0v) is 15.1. The first kappa shape index (κ1) is 20.0. The standard InChI is InChI=1S/C20H12N4O6/c21-12-13(20(25)22-14-5-7-15(8-6-14)23(26)27)11-16-9-10-19(30-16)17-3-1-2-4-18(17)24(28)29/h1-11H,(H,22,25). The van der Waals surface area contributed by atoms with Gasteiger partial charge in [-0.1, -0.05) is 12.1 Å². The second kappa shape index (κ2) is 8.49. The van der Waals surface area contributed by atoms with Crippen molar-refractivity contribution in [2.45, 2.75) is 0 Å². The van der Waals surface area contributed by atoms with Crippen molar-refractivity contribution >= 4 is 29.0 Å². The highest BCUT2D eigenvalue weighted by atomic mass is 16.6. The van der Waals surface area contributed by atoms with Crippen LogP contribution in [0.2, 0.25) is 0 Å². The molecule has 2 aromatic carbocycles. The van der Waals surface area contributed by atoms with Crippen LogP contribution in [0.3, 0.4) is 0 Å². The SMILES string of the molecule is N#CC(=Cc1ccc(-c2ccccc2[N+](=O)[O-])o1)C(=O)Nc1ccc([N+](=O)[O-])cc1. The lowest BCUT2D eigenvalue weighted by atomic mass is 10.1. The van der Waals surface area contributed by atoms with Gasteiger partial charge in [0.05, 0.1) is 15.4 Å². The van der Waals surface area contributed by atoms with Gasteiger partial charge in [0.1, 0.15) is 23.2 Å². The predicted molar refractivity (Wildman–Crippen MR) is 106 cm³/mol. The molecule has 30 heavy (non-hydrogen) atoms. The molecule has 0 spiro atoms. The lowest BCUT2D eigenvalue weighted by molar-refractivity contribution is -0.384. The normalized spacial score (nSPS) is 10.8. The highest BCUT2D eigenvalue weighted by Crippen LogP contribution is 2.31. The second-order valence-corrected chi connectivity index (χ2v) is 5.90. The Hall–Kier alpha value is -4.78. The number of hydrogen-bond acceptors (Lipinski definition) is 7. The van der Waals surface area contributed by atoms with Crippen LogP contribution in [0.15, 0.2) is 70.7 Å². The third-order valence-corrected chi connectivity index (χ3v) is 3.98. The Balaban J connectivity index is 1.82. The summed E-state index contributed by atoms with van der Waals surface area (Å²) in [6, 6.07) is 15.9. The van der Waals surface area contributed by atoms with Gasteiger partial charge in [-0.15, -0.1) is 0 Å². The number of nitro benzene ring substituents is 2. The number of furan rings is 1. The fraction of sp³-hybridized carbons (Fsp3) is 0. The molecule has 0 saturated heterocycles. The first-order valence-electron chi connectivity index (χ1n) is 8.40. The highest BCUT2D eigenvalue weighted by Gasteiger charge is 2.18. The van der Waals surface area contributed by atoms with Crippen molar-refractivity contribution in [1.29, 1.82) is 5.26 Å². The maximum absolute atomic E-state index is 12.3. The van der Waals surface area contributed by atoms with Crippen LogP contribution in [0.5, 0.6) is 0 Å². The fourth-order valence-corrected chi connectivity index (χ4v) is 2.57. The highest BCUT2D eigenvalue weighted by molar-refractivity contribution is 6.09. The van der Waals surface area contributed by atoms with Crippen LogP contribution in [-0.2, 0) is 4.79 Å². The second-order valence-electron chi connectivity index (χ2n) is 5.90. The third kappa shape index (κ3) is 4.37. The smallest absolute Gasteiger partial charge is 0.280 e. The van der Waals surface area contributed by atoms with E-state index < -0.39 is 15.8 Å². The summed E-state index contributed by atoms with van der Waals surface area (Å²) in [6.07, 6.45) is 1.19. The molecule has 0 aliphatic rings. The summed E-state index contributed by atoms with van der Waals surface area (Å²) in [5, 5.41) is 33.6. The molecule has 0 bridgehead atoms. The molecule has 0 aliphatic heterocycles. The Labute approximate surface area is 169 Å². The lowest BCUT2D eigenvalue weighted by Gasteiger charge is -2.03. The Morgan fingerprint density at radius 3 is 2.33 bits per heavy atom. The van der Waals surface area contributed by atoms with Gasteiger partial charge < -0.3 is 9.73 Å². The molecule has 10 heteroatoms. The van der Waals surface area contributed by atoms with Gasteiger partial charge >= 0.3 is 0 Å². The zero-order valence-electron chi connectivity index (χ0n) is 15.1. The summed E-state index contributed by atoms with van der Waals surface area (Å²) in [5.74, 6) is -0.379. The molecule has 3 aromatic rings. The Morgan fingerprint density at radius 1 is 1.00 bits per heavy atom. The largest absolute Gasteiger partial charge is 0.456 e. The molecular weight excluding hydrogens is 392 g/mol. The summed E-state index contributed by atoms with van der Waals surface area (Å²) in [4.78, 5) is 33.1. The van der Waals surface area contributed by atoms with E-state index in [-0.39, 0.29) is 39.7 Å². The molecule has 10 nitrogen and oxygen atoms in total. The van der Waals surface area contributed by atoms with Crippen molar-refractivity contribution in [3.05, 3.63) is 92.2 Å². The summed E-state index contributed by atoms with van der Waals surface area (Å²) < 4.78 is 5.55. The number of para-hydroxylation sites is 1. The van der Waals surface area contributed by atoms with Crippen molar-refractivity contribution < 1.29 is 19.1 Å². The van der Waals surface area contributed by atoms with Crippen molar-refractivity contribution in [3.8, 4) is 17.4 Å². The lowest BCUT2D eigenvalue weighted by Crippen LogP contribution is -2.13. The van der Waals surface area contributed by atoms with Gasteiger partial charge in [0, 0.05) is 30.0 Å². The summed E-state index contributed by atoms with van der Waals surface area (Å²) >= 11 is 0. The number of carbonyl (C=O) groups excluding carboxylic acids is 1. The van der Waals surface area contributed by atoms with Crippen LogP contribution in [0.25, 0.3) is 17.4 Å². The Kier molecular flexibility index (Phi) is 5.65. The maximum atomic E-state index is 12.3. The van der Waals surface area contributed by atoms with Gasteiger partial charge in [-0.3, -0.25) is 25.0 Å². The van der Waals surface area contributed by atoms with Gasteiger partial charge in [0.15, 0.2) is 0 Å². The third-order valence-electron chi connectivity index (χ3n) is 3.98. The molecule has 0 radical (unpaired) electrons. The number of amides is 1. The number of nitro groups is 2. The topological polar surface area (TPSA) is 152 Å². The van der Waals surface area contributed by atoms with E-state index in [9.17, 15) is 30.3 Å². The van der Waals surface area contributed by atoms with E-state index in [1.54, 1.807) is 12.1 Å². The van der Waals surface area contributed by atoms with Crippen molar-refractivity contribution in [3.63, 3.8) is 0 Å². The maximum Gasteiger partial charge on any atom is 0.280 e. The minimum Gasteiger partial charge on any atom is -0.456 e. The number of hydrogen-bond donors (Lipinski definition) is 1. The van der Waals surface area contributed by atoms with Crippen LogP contribution in [0.4, 0.5) is 17.1 Å². The van der Waals surface area contributed by atoms with E-state index >= 15 is 0 Å². The van der Waals surface area contributed by atoms with E-state index in [1.165, 1.54) is 60.7 Å². The quantitative estimate of drug-likeness (QED) is 0.278. The zero-order chi connectivity index (χ0) is 21.7. The number of nitriles is 1. The molecule has 0 atom stereocenters. The van der Waals surface area contributed by atoms with E-state index in [4.69, 9.17) is 4.42 Å². The molecular formula is C20H12N4O6. The minimum absolute atomic E-state index is 0.137. The molecule has 0 fully saturated rings. The Bertz CT molecular complexity index is 1200. The summed E-state index contributed by atoms with van der Waals surface area (Å²) in [5.41, 5.74) is -0.0273. The van der Waals surface area contributed by atoms with Gasteiger partial charge in [0.25, 0.3) is 17.3 Å². The van der Waals surface area contributed by atoms with Crippen LogP contribution >= 0.6 is 0 Å². The first-order chi connectivity index (χ1) is 14.4. The van der Waals surface area contributed by atoms with Crippen LogP contribution in [0, 0.1) is 31.6 Å². The van der Waals surface area contributed by atoms with Gasteiger partial charge in [-0.2, -0.15) is 5.26 Å². The van der Waals surface area contributed by atoms with Gasteiger partial charge in [-0.05, 0) is 30.3 Å². The number of non-ortho nitro benzene ring substituents is 1. The number of anilines is 1. The van der Waals surface area contributed by atoms with E-state index in [0.717, 1.165) is 0 Å². The predicted octanol–water partition coefficient (Wildman–Crippen LogP) is 4.31. The number of nitrogens with one attached hydrogen (secondary N) is 1. The minimum atomic E-state index is -0.741. The molecule has 0 saturated carbocycles. The van der Waals surface area contributed by atoms with Crippen molar-refractivity contribution in [2.24, 2.45) is 0 Å². The molecule has 148 valence electrons. The van der Waals surface area contributed by atoms with Crippen molar-refractivity contribution in [2.75, 3.05) is 5.32 Å². The fourth-order valence-electron chi connectivity index (χ4n) is 2.57. The molecule has 0 unspecified atom stereocenters. The van der Waals surface area contributed by atoms with E-state index in [2.05, 4.69) is 5.32 Å². The first-order valence-corrected chi connectivity index (χ1v) is 8.40. The van der Waals surface area contributed by atoms with Crippen LogP contribution in [0.1, 0.15) is 5.76 Å². The molecule has 3 rings (SSSR count). The summed E-state index contributed by atoms with van der Waals surface area (Å²) in [6.45, 7) is 0. The average Bonchev–Trinajstić information content (AvgIpc) is 3.20. The monoisotopic (exact) mass is 404 g/mol. The van der Waals surface area contributed by atoms with Crippen LogP contribution < -0.4 is 5.32 Å². The van der Waals surface area contributed by atoms with E-state index in [0.29, 0.717) is 0 Å². The molecule has 1 heterocycles. The number of nitrogens with zero attached hydrogens (tertiary/aromatic N) is 3. The van der Waals surface area contributed by atoms with E-state index in [1.807, 2.05) is 0 Å². The van der Waals surface area contributed by atoms with Gasteiger partial charge in [0.2, 0.25) is 0 Å². The van der Waals surface area contributed by atoms with Gasteiger partial charge in [-0.25, -0.2) is 0 Å². The van der Waals surface area contributed by atoms with Crippen LogP contribution in [-0.4, -0.2) is 15.8 Å². The Morgan fingerprint density at radius 2 is 1.70 bits per heavy atom.